The van der Waals surface area contributed by atoms with Crippen LogP contribution in [0.2, 0.25) is 0 Å². The van der Waals surface area contributed by atoms with Gasteiger partial charge in [0.25, 0.3) is 0 Å². The van der Waals surface area contributed by atoms with Crippen LogP contribution in [0.15, 0.2) is 8.95 Å². The summed E-state index contributed by atoms with van der Waals surface area (Å²) < 4.78 is 37.6. The van der Waals surface area contributed by atoms with E-state index < -0.39 is 32.0 Å². The standard InChI is InChI=1S/C7Br2F3N/c8-3-5(10)2(1-13)6(11)4(9)7(3)12. The summed E-state index contributed by atoms with van der Waals surface area (Å²) in [5.41, 5.74) is -0.819. The molecule has 1 aromatic carbocycles. The van der Waals surface area contributed by atoms with Gasteiger partial charge >= 0.3 is 0 Å². The monoisotopic (exact) mass is 313 g/mol. The van der Waals surface area contributed by atoms with Crippen LogP contribution in [0.4, 0.5) is 13.2 Å². The minimum absolute atomic E-state index is 0.558. The molecule has 0 saturated heterocycles. The summed E-state index contributed by atoms with van der Waals surface area (Å²) in [5.74, 6) is -3.57. The topological polar surface area (TPSA) is 23.8 Å². The summed E-state index contributed by atoms with van der Waals surface area (Å²) in [6, 6.07) is 1.30. The van der Waals surface area contributed by atoms with Gasteiger partial charge in [-0.15, -0.1) is 0 Å². The van der Waals surface area contributed by atoms with Gasteiger partial charge in [0.2, 0.25) is 0 Å². The van der Waals surface area contributed by atoms with Gasteiger partial charge < -0.3 is 0 Å². The summed E-state index contributed by atoms with van der Waals surface area (Å²) in [4.78, 5) is 0. The first-order chi connectivity index (χ1) is 6.00. The summed E-state index contributed by atoms with van der Waals surface area (Å²) >= 11 is 5.12. The predicted molar refractivity (Wildman–Crippen MR) is 46.4 cm³/mol. The van der Waals surface area contributed by atoms with E-state index in [2.05, 4.69) is 31.9 Å². The minimum atomic E-state index is -1.24. The van der Waals surface area contributed by atoms with Crippen molar-refractivity contribution in [1.82, 2.24) is 0 Å². The molecule has 0 fully saturated rings. The molecule has 1 aromatic rings. The van der Waals surface area contributed by atoms with E-state index >= 15 is 0 Å². The van der Waals surface area contributed by atoms with E-state index in [4.69, 9.17) is 5.26 Å². The zero-order chi connectivity index (χ0) is 10.2. The minimum Gasteiger partial charge on any atom is -0.204 e. The molecule has 0 aliphatic heterocycles. The van der Waals surface area contributed by atoms with Crippen LogP contribution in [0.1, 0.15) is 5.56 Å². The number of rotatable bonds is 0. The molecule has 68 valence electrons. The second-order valence-corrected chi connectivity index (χ2v) is 3.64. The zero-order valence-corrected chi connectivity index (χ0v) is 9.01. The number of benzene rings is 1. The molecule has 0 aromatic heterocycles. The Morgan fingerprint density at radius 3 is 1.62 bits per heavy atom. The molecular formula is C7Br2F3N. The quantitative estimate of drug-likeness (QED) is 0.531. The van der Waals surface area contributed by atoms with Crippen molar-refractivity contribution < 1.29 is 13.2 Å². The van der Waals surface area contributed by atoms with Crippen LogP contribution in [0.25, 0.3) is 0 Å². The lowest BCUT2D eigenvalue weighted by Gasteiger charge is -2.03. The SMILES string of the molecule is N#Cc1c(F)c(Br)c(F)c(Br)c1F. The van der Waals surface area contributed by atoms with Crippen LogP contribution in [-0.4, -0.2) is 0 Å². The number of hydrogen-bond acceptors (Lipinski definition) is 1. The van der Waals surface area contributed by atoms with Crippen molar-refractivity contribution in [1.29, 1.82) is 5.26 Å². The molecule has 0 atom stereocenters. The van der Waals surface area contributed by atoms with E-state index in [0.29, 0.717) is 0 Å². The maximum Gasteiger partial charge on any atom is 0.161 e. The van der Waals surface area contributed by atoms with Gasteiger partial charge in [-0.1, -0.05) is 0 Å². The molecule has 6 heteroatoms. The first-order valence-corrected chi connectivity index (χ1v) is 4.50. The summed E-state index contributed by atoms with van der Waals surface area (Å²) in [7, 11) is 0. The lowest BCUT2D eigenvalue weighted by Crippen LogP contribution is -1.97. The molecule has 0 aliphatic rings. The van der Waals surface area contributed by atoms with Crippen molar-refractivity contribution in [3.05, 3.63) is 32.0 Å². The van der Waals surface area contributed by atoms with Crippen molar-refractivity contribution in [2.45, 2.75) is 0 Å². The van der Waals surface area contributed by atoms with Gasteiger partial charge in [-0.2, -0.15) is 5.26 Å². The van der Waals surface area contributed by atoms with Crippen molar-refractivity contribution in [2.24, 2.45) is 0 Å². The van der Waals surface area contributed by atoms with Crippen LogP contribution in [-0.2, 0) is 0 Å². The Morgan fingerprint density at radius 2 is 1.31 bits per heavy atom. The van der Waals surface area contributed by atoms with E-state index in [1.165, 1.54) is 6.07 Å². The highest BCUT2D eigenvalue weighted by atomic mass is 79.9. The molecule has 0 saturated carbocycles. The highest BCUT2D eigenvalue weighted by molar-refractivity contribution is 9.11. The average Bonchev–Trinajstić information content (AvgIpc) is 2.13. The molecule has 0 spiro atoms. The zero-order valence-electron chi connectivity index (χ0n) is 5.84. The molecule has 0 heterocycles. The number of nitrogens with zero attached hydrogens (tertiary/aromatic N) is 1. The third-order valence-electron chi connectivity index (χ3n) is 1.32. The molecule has 1 rings (SSSR count). The van der Waals surface area contributed by atoms with E-state index in [1.54, 1.807) is 0 Å². The fourth-order valence-electron chi connectivity index (χ4n) is 0.703. The molecule has 13 heavy (non-hydrogen) atoms. The maximum atomic E-state index is 12.9. The molecule has 0 radical (unpaired) electrons. The first-order valence-electron chi connectivity index (χ1n) is 2.92. The van der Waals surface area contributed by atoms with Crippen LogP contribution in [0, 0.1) is 28.8 Å². The Labute approximate surface area is 88.4 Å². The Morgan fingerprint density at radius 1 is 0.923 bits per heavy atom. The first kappa shape index (κ1) is 10.5. The fourth-order valence-corrected chi connectivity index (χ4v) is 1.76. The lowest BCUT2D eigenvalue weighted by atomic mass is 10.2. The largest absolute Gasteiger partial charge is 0.204 e. The van der Waals surface area contributed by atoms with Crippen LogP contribution >= 0.6 is 31.9 Å². The average molecular weight is 315 g/mol. The third-order valence-corrected chi connectivity index (χ3v) is 2.71. The van der Waals surface area contributed by atoms with Gasteiger partial charge in [0.15, 0.2) is 17.5 Å². The van der Waals surface area contributed by atoms with Gasteiger partial charge in [-0.3, -0.25) is 0 Å². The van der Waals surface area contributed by atoms with Crippen molar-refractivity contribution in [3.8, 4) is 6.07 Å². The van der Waals surface area contributed by atoms with Crippen molar-refractivity contribution in [2.75, 3.05) is 0 Å². The van der Waals surface area contributed by atoms with Gasteiger partial charge in [0.1, 0.15) is 11.6 Å². The van der Waals surface area contributed by atoms with Gasteiger partial charge in [-0.25, -0.2) is 13.2 Å². The second-order valence-electron chi connectivity index (χ2n) is 2.06. The molecule has 1 nitrogen and oxygen atoms in total. The third kappa shape index (κ3) is 1.58. The van der Waals surface area contributed by atoms with E-state index in [1.807, 2.05) is 0 Å². The smallest absolute Gasteiger partial charge is 0.161 e. The summed E-state index contributed by atoms with van der Waals surface area (Å²) in [6.07, 6.45) is 0. The van der Waals surface area contributed by atoms with Crippen molar-refractivity contribution >= 4 is 31.9 Å². The predicted octanol–water partition coefficient (Wildman–Crippen LogP) is 3.50. The molecule has 0 aliphatic carbocycles. The van der Waals surface area contributed by atoms with Gasteiger partial charge in [-0.05, 0) is 31.9 Å². The Kier molecular flexibility index (Phi) is 2.98. The molecular weight excluding hydrogens is 315 g/mol. The molecule has 0 bridgehead atoms. The lowest BCUT2D eigenvalue weighted by molar-refractivity contribution is 0.522. The maximum absolute atomic E-state index is 12.9. The molecule has 0 N–H and O–H groups in total. The van der Waals surface area contributed by atoms with Crippen molar-refractivity contribution in [3.63, 3.8) is 0 Å². The Hall–Kier alpha value is -0.540. The van der Waals surface area contributed by atoms with Crippen LogP contribution in [0.3, 0.4) is 0 Å². The van der Waals surface area contributed by atoms with E-state index in [0.717, 1.165) is 0 Å². The summed E-state index contributed by atoms with van der Waals surface area (Å²) in [6.45, 7) is 0. The number of halogens is 5. The van der Waals surface area contributed by atoms with E-state index in [9.17, 15) is 13.2 Å². The van der Waals surface area contributed by atoms with Crippen LogP contribution < -0.4 is 0 Å². The van der Waals surface area contributed by atoms with E-state index in [-0.39, 0.29) is 0 Å². The van der Waals surface area contributed by atoms with Gasteiger partial charge in [0.05, 0.1) is 8.95 Å². The molecule has 0 unspecified atom stereocenters. The number of nitriles is 1. The summed E-state index contributed by atoms with van der Waals surface area (Å²) in [5, 5.41) is 8.34. The number of hydrogen-bond donors (Lipinski definition) is 0. The highest BCUT2D eigenvalue weighted by Crippen LogP contribution is 2.31. The second kappa shape index (κ2) is 3.68. The normalized spacial score (nSPS) is 9.85. The molecule has 0 amide bonds. The van der Waals surface area contributed by atoms with Crippen LogP contribution in [0.5, 0.6) is 0 Å². The fraction of sp³-hybridized carbons (Fsp3) is 0. The Balaban J connectivity index is 3.69. The Bertz CT molecular complexity index is 382. The highest BCUT2D eigenvalue weighted by Gasteiger charge is 2.21. The van der Waals surface area contributed by atoms with Gasteiger partial charge in [0, 0.05) is 0 Å².